The zero-order chi connectivity index (χ0) is 17.6. The third-order valence-electron chi connectivity index (χ3n) is 2.58. The Kier molecular flexibility index (Phi) is 7.14. The van der Waals surface area contributed by atoms with Gasteiger partial charge in [-0.3, -0.25) is 4.79 Å². The highest BCUT2D eigenvalue weighted by atomic mass is 32.2. The summed E-state index contributed by atoms with van der Waals surface area (Å²) in [5.41, 5.74) is -0.249. The largest absolute Gasteiger partial charge is 0.465 e. The van der Waals surface area contributed by atoms with Crippen LogP contribution in [0.15, 0.2) is 40.2 Å². The maximum Gasteiger partial charge on any atom is 0.340 e. The van der Waals surface area contributed by atoms with E-state index in [1.54, 1.807) is 6.92 Å². The van der Waals surface area contributed by atoms with E-state index >= 15 is 0 Å². The maximum absolute atomic E-state index is 13.5. The summed E-state index contributed by atoms with van der Waals surface area (Å²) in [6, 6.07) is 3.30. The van der Waals surface area contributed by atoms with Gasteiger partial charge in [0, 0.05) is 5.69 Å². The van der Waals surface area contributed by atoms with Gasteiger partial charge in [-0.2, -0.15) is 0 Å². The van der Waals surface area contributed by atoms with Crippen molar-refractivity contribution < 1.29 is 27.5 Å². The molecule has 1 atom stereocenters. The number of carbonyl (C=O) groups excluding carboxylic acids is 2. The van der Waals surface area contributed by atoms with E-state index in [2.05, 4.69) is 22.7 Å². The second kappa shape index (κ2) is 8.61. The fourth-order valence-corrected chi connectivity index (χ4v) is 2.42. The van der Waals surface area contributed by atoms with Crippen molar-refractivity contribution in [3.63, 3.8) is 0 Å². The minimum Gasteiger partial charge on any atom is -0.465 e. The van der Waals surface area contributed by atoms with E-state index in [1.807, 2.05) is 0 Å². The van der Waals surface area contributed by atoms with Gasteiger partial charge in [0.2, 0.25) is 0 Å². The Morgan fingerprint density at radius 1 is 1.43 bits per heavy atom. The van der Waals surface area contributed by atoms with Gasteiger partial charge in [0.05, 0.1) is 22.5 Å². The third kappa shape index (κ3) is 5.02. The van der Waals surface area contributed by atoms with Crippen molar-refractivity contribution in [1.29, 1.82) is 0 Å². The average Bonchev–Trinajstić information content (AvgIpc) is 2.52. The molecule has 0 fully saturated rings. The van der Waals surface area contributed by atoms with E-state index < -0.39 is 28.8 Å². The number of thiol groups is 1. The first kappa shape index (κ1) is 19.1. The van der Waals surface area contributed by atoms with Crippen molar-refractivity contribution in [2.24, 2.45) is 0 Å². The zero-order valence-corrected chi connectivity index (χ0v) is 13.9. The lowest BCUT2D eigenvalue weighted by atomic mass is 10.2. The molecule has 1 aromatic rings. The van der Waals surface area contributed by atoms with Gasteiger partial charge in [-0.25, -0.2) is 13.4 Å². The summed E-state index contributed by atoms with van der Waals surface area (Å²) in [7, 11) is 1.10. The minimum atomic E-state index is -2.41. The summed E-state index contributed by atoms with van der Waals surface area (Å²) in [6.07, 6.45) is 2.74. The number of esters is 1. The SMILES string of the molecule is C/C=C\C(=C(/S)C(=O)Nc1ccc(F)c(C(=O)OC)c1)S(=O)O. The normalized spacial score (nSPS) is 13.4. The number of anilines is 1. The van der Waals surface area contributed by atoms with E-state index in [9.17, 15) is 18.2 Å². The van der Waals surface area contributed by atoms with Crippen LogP contribution in [-0.4, -0.2) is 27.7 Å². The molecule has 0 aliphatic heterocycles. The standard InChI is InChI=1S/C14H14FNO5S2/c1-3-4-11(23(19)20)12(22)13(17)16-8-5-6-10(15)9(7-8)14(18)21-2/h3-7,22H,1-2H3,(H,16,17)(H,19,20)/b4-3-,12-11+. The number of hydrogen-bond acceptors (Lipinski definition) is 5. The topological polar surface area (TPSA) is 92.7 Å². The van der Waals surface area contributed by atoms with Crippen LogP contribution in [0.5, 0.6) is 0 Å². The van der Waals surface area contributed by atoms with Crippen LogP contribution in [-0.2, 0) is 20.6 Å². The van der Waals surface area contributed by atoms with E-state index in [0.29, 0.717) is 0 Å². The molecule has 23 heavy (non-hydrogen) atoms. The fraction of sp³-hybridized carbons (Fsp3) is 0.143. The molecule has 6 nitrogen and oxygen atoms in total. The van der Waals surface area contributed by atoms with E-state index in [-0.39, 0.29) is 21.1 Å². The second-order valence-electron chi connectivity index (χ2n) is 4.10. The molecular weight excluding hydrogens is 345 g/mol. The smallest absolute Gasteiger partial charge is 0.340 e. The molecule has 0 saturated heterocycles. The van der Waals surface area contributed by atoms with E-state index in [1.165, 1.54) is 18.2 Å². The first-order chi connectivity index (χ1) is 10.8. The van der Waals surface area contributed by atoms with Crippen molar-refractivity contribution in [2.75, 3.05) is 12.4 Å². The van der Waals surface area contributed by atoms with Crippen LogP contribution in [0.25, 0.3) is 0 Å². The quantitative estimate of drug-likeness (QED) is 0.247. The van der Waals surface area contributed by atoms with Gasteiger partial charge < -0.3 is 14.6 Å². The molecule has 0 heterocycles. The molecule has 0 saturated carbocycles. The van der Waals surface area contributed by atoms with Crippen LogP contribution in [0.3, 0.4) is 0 Å². The molecule has 1 unspecified atom stereocenters. The van der Waals surface area contributed by atoms with Crippen LogP contribution < -0.4 is 5.32 Å². The Hall–Kier alpha value is -1.97. The van der Waals surface area contributed by atoms with E-state index in [0.717, 1.165) is 19.2 Å². The Bertz CT molecular complexity index is 715. The Morgan fingerprint density at radius 2 is 2.09 bits per heavy atom. The van der Waals surface area contributed by atoms with Gasteiger partial charge in [0.1, 0.15) is 5.82 Å². The highest BCUT2D eigenvalue weighted by Gasteiger charge is 2.17. The van der Waals surface area contributed by atoms with Gasteiger partial charge in [0.15, 0.2) is 11.1 Å². The zero-order valence-electron chi connectivity index (χ0n) is 12.2. The van der Waals surface area contributed by atoms with Gasteiger partial charge in [-0.15, -0.1) is 12.6 Å². The lowest BCUT2D eigenvalue weighted by molar-refractivity contribution is -0.112. The molecule has 0 bridgehead atoms. The molecular formula is C14H14FNO5S2. The second-order valence-corrected chi connectivity index (χ2v) is 5.49. The predicted octanol–water partition coefficient (Wildman–Crippen LogP) is 2.49. The number of hydrogen-bond donors (Lipinski definition) is 3. The summed E-state index contributed by atoms with van der Waals surface area (Å²) in [4.78, 5) is 23.0. The Morgan fingerprint density at radius 3 is 2.61 bits per heavy atom. The van der Waals surface area contributed by atoms with Gasteiger partial charge >= 0.3 is 5.97 Å². The van der Waals surface area contributed by atoms with Crippen LogP contribution in [0.1, 0.15) is 17.3 Å². The van der Waals surface area contributed by atoms with Crippen LogP contribution >= 0.6 is 12.6 Å². The number of benzene rings is 1. The molecule has 124 valence electrons. The number of rotatable bonds is 5. The molecule has 9 heteroatoms. The third-order valence-corrected chi connectivity index (χ3v) is 3.90. The first-order valence-electron chi connectivity index (χ1n) is 6.17. The number of allylic oxidation sites excluding steroid dienone is 2. The first-order valence-corrected chi connectivity index (χ1v) is 7.73. The van der Waals surface area contributed by atoms with Gasteiger partial charge in [0.25, 0.3) is 5.91 Å². The maximum atomic E-state index is 13.5. The molecule has 2 N–H and O–H groups in total. The van der Waals surface area contributed by atoms with Crippen LogP contribution in [0.4, 0.5) is 10.1 Å². The number of nitrogens with one attached hydrogen (secondary N) is 1. The number of ether oxygens (including phenoxy) is 1. The van der Waals surface area contributed by atoms with Crippen molar-refractivity contribution in [3.05, 3.63) is 51.5 Å². The summed E-state index contributed by atoms with van der Waals surface area (Å²) in [5, 5.41) is 2.35. The molecule has 1 rings (SSSR count). The van der Waals surface area contributed by atoms with Crippen molar-refractivity contribution in [2.45, 2.75) is 6.92 Å². The van der Waals surface area contributed by atoms with Crippen molar-refractivity contribution in [3.8, 4) is 0 Å². The summed E-state index contributed by atoms with van der Waals surface area (Å²) < 4.78 is 38.3. The van der Waals surface area contributed by atoms with Crippen molar-refractivity contribution >= 4 is 41.3 Å². The lowest BCUT2D eigenvalue weighted by Gasteiger charge is -2.09. The molecule has 0 aliphatic rings. The Labute approximate surface area is 140 Å². The van der Waals surface area contributed by atoms with Crippen molar-refractivity contribution in [1.82, 2.24) is 0 Å². The molecule has 0 aromatic heterocycles. The van der Waals surface area contributed by atoms with E-state index in [4.69, 9.17) is 4.55 Å². The summed E-state index contributed by atoms with van der Waals surface area (Å²) in [5.74, 6) is -2.49. The van der Waals surface area contributed by atoms with Crippen LogP contribution in [0, 0.1) is 5.82 Å². The van der Waals surface area contributed by atoms with Gasteiger partial charge in [-0.1, -0.05) is 6.08 Å². The predicted molar refractivity (Wildman–Crippen MR) is 88.0 cm³/mol. The number of carbonyl (C=O) groups is 2. The summed E-state index contributed by atoms with van der Waals surface area (Å²) in [6.45, 7) is 1.61. The molecule has 1 aromatic carbocycles. The summed E-state index contributed by atoms with van der Waals surface area (Å²) >= 11 is 1.52. The average molecular weight is 359 g/mol. The molecule has 0 spiro atoms. The number of amides is 1. The Balaban J connectivity index is 3.13. The number of halogens is 1. The lowest BCUT2D eigenvalue weighted by Crippen LogP contribution is -2.15. The highest BCUT2D eigenvalue weighted by molar-refractivity contribution is 7.89. The highest BCUT2D eigenvalue weighted by Crippen LogP contribution is 2.19. The van der Waals surface area contributed by atoms with Gasteiger partial charge in [-0.05, 0) is 31.2 Å². The molecule has 1 amide bonds. The molecule has 0 radical (unpaired) electrons. The monoisotopic (exact) mass is 359 g/mol. The van der Waals surface area contributed by atoms with Crippen LogP contribution in [0.2, 0.25) is 0 Å². The number of methoxy groups -OCH3 is 1. The minimum absolute atomic E-state index is 0.104. The molecule has 0 aliphatic carbocycles. The fourth-order valence-electron chi connectivity index (χ4n) is 1.54.